The zero-order valence-corrected chi connectivity index (χ0v) is 15.2. The quantitative estimate of drug-likeness (QED) is 0.229. The average molecular weight is 409 g/mol. The first-order valence-corrected chi connectivity index (χ1v) is 9.05. The van der Waals surface area contributed by atoms with Gasteiger partial charge in [-0.15, -0.1) is 0 Å². The molecule has 2 nitrogen and oxygen atoms in total. The largest absolute Gasteiger partial charge is 0.271 e. The summed E-state index contributed by atoms with van der Waals surface area (Å²) in [6.45, 7) is 2.25. The molecule has 0 aliphatic rings. The van der Waals surface area contributed by atoms with Gasteiger partial charge in [-0.05, 0) is 46.7 Å². The van der Waals surface area contributed by atoms with E-state index in [-0.39, 0.29) is 6.04 Å². The molecule has 1 rings (SSSR count). The van der Waals surface area contributed by atoms with Crippen LogP contribution >= 0.6 is 34.2 Å². The van der Waals surface area contributed by atoms with E-state index in [2.05, 4.69) is 41.0 Å². The molecule has 0 aliphatic carbocycles. The molecule has 1 atom stereocenters. The second-order valence-corrected chi connectivity index (χ2v) is 6.87. The van der Waals surface area contributed by atoms with Crippen LogP contribution in [0.25, 0.3) is 0 Å². The fourth-order valence-electron chi connectivity index (χ4n) is 2.38. The molecule has 114 valence electrons. The van der Waals surface area contributed by atoms with Gasteiger partial charge in [0.05, 0.1) is 5.02 Å². The van der Waals surface area contributed by atoms with E-state index >= 15 is 0 Å². The summed E-state index contributed by atoms with van der Waals surface area (Å²) in [6, 6.07) is 6.39. The Bertz CT molecular complexity index is 385. The molecule has 0 spiro atoms. The molecular formula is C16H26ClIN2. The molecule has 0 saturated heterocycles. The van der Waals surface area contributed by atoms with Gasteiger partial charge in [0.15, 0.2) is 0 Å². The van der Waals surface area contributed by atoms with E-state index in [0.29, 0.717) is 0 Å². The third-order valence-corrected chi connectivity index (χ3v) is 5.22. The summed E-state index contributed by atoms with van der Waals surface area (Å²) in [5.74, 6) is 5.68. The van der Waals surface area contributed by atoms with Gasteiger partial charge in [-0.2, -0.15) is 0 Å². The SMILES string of the molecule is CCCCCCCCCC(NN)c1ccc(I)c(Cl)c1. The molecule has 0 radical (unpaired) electrons. The van der Waals surface area contributed by atoms with E-state index in [9.17, 15) is 0 Å². The molecule has 0 saturated carbocycles. The van der Waals surface area contributed by atoms with Crippen molar-refractivity contribution in [3.05, 3.63) is 32.4 Å². The Morgan fingerprint density at radius 2 is 1.80 bits per heavy atom. The van der Waals surface area contributed by atoms with Crippen LogP contribution in [0.3, 0.4) is 0 Å². The minimum absolute atomic E-state index is 0.208. The minimum atomic E-state index is 0.208. The van der Waals surface area contributed by atoms with Crippen LogP contribution < -0.4 is 11.3 Å². The Labute approximate surface area is 142 Å². The van der Waals surface area contributed by atoms with Crippen molar-refractivity contribution in [3.8, 4) is 0 Å². The number of benzene rings is 1. The third kappa shape index (κ3) is 6.74. The molecule has 1 unspecified atom stereocenters. The highest BCUT2D eigenvalue weighted by Gasteiger charge is 2.10. The molecule has 4 heteroatoms. The first-order valence-electron chi connectivity index (χ1n) is 7.60. The van der Waals surface area contributed by atoms with E-state index in [1.807, 2.05) is 12.1 Å². The Morgan fingerprint density at radius 3 is 2.40 bits per heavy atom. The lowest BCUT2D eigenvalue weighted by molar-refractivity contribution is 0.476. The van der Waals surface area contributed by atoms with Crippen molar-refractivity contribution >= 4 is 34.2 Å². The van der Waals surface area contributed by atoms with Crippen LogP contribution in [0.1, 0.15) is 69.9 Å². The van der Waals surface area contributed by atoms with Gasteiger partial charge >= 0.3 is 0 Å². The van der Waals surface area contributed by atoms with Crippen LogP contribution in [-0.2, 0) is 0 Å². The van der Waals surface area contributed by atoms with Crippen molar-refractivity contribution in [3.63, 3.8) is 0 Å². The second-order valence-electron chi connectivity index (χ2n) is 5.30. The molecule has 1 aromatic rings. The van der Waals surface area contributed by atoms with Crippen LogP contribution in [0.5, 0.6) is 0 Å². The minimum Gasteiger partial charge on any atom is -0.271 e. The molecule has 0 amide bonds. The summed E-state index contributed by atoms with van der Waals surface area (Å²) in [4.78, 5) is 0. The molecule has 1 aromatic carbocycles. The van der Waals surface area contributed by atoms with Crippen molar-refractivity contribution in [2.24, 2.45) is 5.84 Å². The van der Waals surface area contributed by atoms with Gasteiger partial charge in [0, 0.05) is 9.61 Å². The molecule has 20 heavy (non-hydrogen) atoms. The lowest BCUT2D eigenvalue weighted by Gasteiger charge is -2.17. The van der Waals surface area contributed by atoms with Crippen molar-refractivity contribution in [2.45, 2.75) is 64.3 Å². The van der Waals surface area contributed by atoms with Crippen molar-refractivity contribution in [1.82, 2.24) is 5.43 Å². The van der Waals surface area contributed by atoms with Crippen LogP contribution in [-0.4, -0.2) is 0 Å². The molecule has 3 N–H and O–H groups in total. The van der Waals surface area contributed by atoms with Crippen molar-refractivity contribution in [2.75, 3.05) is 0 Å². The molecule has 0 aliphatic heterocycles. The van der Waals surface area contributed by atoms with E-state index < -0.39 is 0 Å². The maximum atomic E-state index is 6.17. The Morgan fingerprint density at radius 1 is 1.15 bits per heavy atom. The highest BCUT2D eigenvalue weighted by Crippen LogP contribution is 2.25. The average Bonchev–Trinajstić information content (AvgIpc) is 2.45. The highest BCUT2D eigenvalue weighted by atomic mass is 127. The standard InChI is InChI=1S/C16H26ClIN2/c1-2-3-4-5-6-7-8-9-16(20-19)13-10-11-15(18)14(17)12-13/h10-12,16,20H,2-9,19H2,1H3. The van der Waals surface area contributed by atoms with Gasteiger partial charge in [0.25, 0.3) is 0 Å². The predicted molar refractivity (Wildman–Crippen MR) is 96.8 cm³/mol. The van der Waals surface area contributed by atoms with Gasteiger partial charge in [0.1, 0.15) is 0 Å². The van der Waals surface area contributed by atoms with Crippen LogP contribution in [0.4, 0.5) is 0 Å². The smallest absolute Gasteiger partial charge is 0.0542 e. The Balaban J connectivity index is 2.30. The third-order valence-electron chi connectivity index (χ3n) is 3.64. The zero-order chi connectivity index (χ0) is 14.8. The van der Waals surface area contributed by atoms with Gasteiger partial charge in [0.2, 0.25) is 0 Å². The van der Waals surface area contributed by atoms with Gasteiger partial charge in [-0.3, -0.25) is 11.3 Å². The number of hydrazine groups is 1. The normalized spacial score (nSPS) is 12.6. The molecule has 0 aromatic heterocycles. The summed E-state index contributed by atoms with van der Waals surface area (Å²) in [5.41, 5.74) is 4.10. The maximum Gasteiger partial charge on any atom is 0.0542 e. The van der Waals surface area contributed by atoms with E-state index in [1.165, 1.54) is 50.5 Å². The van der Waals surface area contributed by atoms with E-state index in [1.54, 1.807) is 0 Å². The van der Waals surface area contributed by atoms with Crippen molar-refractivity contribution in [1.29, 1.82) is 0 Å². The van der Waals surface area contributed by atoms with E-state index in [0.717, 1.165) is 15.0 Å². The lowest BCUT2D eigenvalue weighted by Crippen LogP contribution is -2.28. The Kier molecular flexibility index (Phi) is 9.86. The van der Waals surface area contributed by atoms with Gasteiger partial charge in [-0.25, -0.2) is 0 Å². The number of hydrogen-bond donors (Lipinski definition) is 2. The predicted octanol–water partition coefficient (Wildman–Crippen LogP) is 5.59. The number of hydrogen-bond acceptors (Lipinski definition) is 2. The number of nitrogens with two attached hydrogens (primary N) is 1. The number of unbranched alkanes of at least 4 members (excludes halogenated alkanes) is 6. The zero-order valence-electron chi connectivity index (χ0n) is 12.3. The topological polar surface area (TPSA) is 38.0 Å². The summed E-state index contributed by atoms with van der Waals surface area (Å²) in [7, 11) is 0. The summed E-state index contributed by atoms with van der Waals surface area (Å²) < 4.78 is 1.08. The fraction of sp³-hybridized carbons (Fsp3) is 0.625. The maximum absolute atomic E-state index is 6.17. The highest BCUT2D eigenvalue weighted by molar-refractivity contribution is 14.1. The fourth-order valence-corrected chi connectivity index (χ4v) is 2.91. The monoisotopic (exact) mass is 408 g/mol. The summed E-state index contributed by atoms with van der Waals surface area (Å²) >= 11 is 8.41. The number of rotatable bonds is 10. The molecule has 0 bridgehead atoms. The first kappa shape index (κ1) is 18.2. The lowest BCUT2D eigenvalue weighted by atomic mass is 10.00. The van der Waals surface area contributed by atoms with Crippen LogP contribution in [0.15, 0.2) is 18.2 Å². The van der Waals surface area contributed by atoms with Gasteiger partial charge < -0.3 is 0 Å². The van der Waals surface area contributed by atoms with Crippen LogP contribution in [0, 0.1) is 3.57 Å². The molecule has 0 heterocycles. The number of nitrogens with one attached hydrogen (secondary N) is 1. The first-order chi connectivity index (χ1) is 9.69. The Hall–Kier alpha value is 0.160. The summed E-state index contributed by atoms with van der Waals surface area (Å²) in [6.07, 6.45) is 10.3. The van der Waals surface area contributed by atoms with E-state index in [4.69, 9.17) is 17.4 Å². The van der Waals surface area contributed by atoms with Crippen molar-refractivity contribution < 1.29 is 0 Å². The molecule has 0 fully saturated rings. The number of halogens is 2. The summed E-state index contributed by atoms with van der Waals surface area (Å²) in [5, 5.41) is 0.808. The second kappa shape index (κ2) is 10.8. The van der Waals surface area contributed by atoms with Gasteiger partial charge in [-0.1, -0.05) is 69.5 Å². The molecular weight excluding hydrogens is 383 g/mol. The van der Waals surface area contributed by atoms with Crippen LogP contribution in [0.2, 0.25) is 5.02 Å².